The summed E-state index contributed by atoms with van der Waals surface area (Å²) in [6.07, 6.45) is 17.2. The summed E-state index contributed by atoms with van der Waals surface area (Å²) in [7, 11) is 0. The molecule has 0 radical (unpaired) electrons. The van der Waals surface area contributed by atoms with Crippen LogP contribution in [-0.2, 0) is 9.47 Å². The first-order valence-electron chi connectivity index (χ1n) is 12.4. The van der Waals surface area contributed by atoms with Crippen molar-refractivity contribution in [2.75, 3.05) is 13.2 Å². The molecule has 0 aliphatic carbocycles. The Morgan fingerprint density at radius 2 is 1.37 bits per heavy atom. The van der Waals surface area contributed by atoms with E-state index in [1.807, 2.05) is 0 Å². The quantitative estimate of drug-likeness (QED) is 0.190. The van der Waals surface area contributed by atoms with Crippen molar-refractivity contribution in [1.82, 2.24) is 0 Å². The standard InChI is InChI=1S/C24H46O5S/c1-2-3-4-5-6-7-8-9-10-11-12-13-14-15-16-17-22(30)29-21-19-28-24(23(21)27)20(26)18-25/h20-21,23-27H,2-19H2,1H3/t20-,21+,23-,24-/m1/s1. The minimum atomic E-state index is -1.10. The van der Waals surface area contributed by atoms with Gasteiger partial charge in [0.15, 0.2) is 11.2 Å². The summed E-state index contributed by atoms with van der Waals surface area (Å²) in [5.41, 5.74) is 0. The van der Waals surface area contributed by atoms with Crippen molar-refractivity contribution >= 4 is 17.3 Å². The van der Waals surface area contributed by atoms with Crippen molar-refractivity contribution in [3.63, 3.8) is 0 Å². The molecule has 178 valence electrons. The van der Waals surface area contributed by atoms with Crippen LogP contribution in [0, 0.1) is 0 Å². The Bertz CT molecular complexity index is 420. The van der Waals surface area contributed by atoms with Crippen molar-refractivity contribution in [3.05, 3.63) is 0 Å². The maximum atomic E-state index is 10.1. The molecule has 0 amide bonds. The summed E-state index contributed by atoms with van der Waals surface area (Å²) in [6, 6.07) is 0. The Morgan fingerprint density at radius 3 is 1.83 bits per heavy atom. The van der Waals surface area contributed by atoms with Crippen LogP contribution < -0.4 is 0 Å². The van der Waals surface area contributed by atoms with Crippen LogP contribution in [0.25, 0.3) is 0 Å². The molecular formula is C24H46O5S. The largest absolute Gasteiger partial charge is 0.479 e. The van der Waals surface area contributed by atoms with Crippen LogP contribution >= 0.6 is 12.2 Å². The van der Waals surface area contributed by atoms with Gasteiger partial charge in [0.25, 0.3) is 0 Å². The smallest absolute Gasteiger partial charge is 0.160 e. The number of unbranched alkanes of at least 4 members (excludes halogenated alkanes) is 14. The lowest BCUT2D eigenvalue weighted by Crippen LogP contribution is -2.41. The molecule has 1 aliphatic rings. The van der Waals surface area contributed by atoms with E-state index in [1.165, 1.54) is 83.5 Å². The molecule has 0 spiro atoms. The van der Waals surface area contributed by atoms with Crippen LogP contribution in [0.1, 0.15) is 110 Å². The second kappa shape index (κ2) is 18.3. The van der Waals surface area contributed by atoms with Crippen LogP contribution in [0.4, 0.5) is 0 Å². The summed E-state index contributed by atoms with van der Waals surface area (Å²) >= 11 is 5.28. The first kappa shape index (κ1) is 27.8. The fourth-order valence-electron chi connectivity index (χ4n) is 4.03. The van der Waals surface area contributed by atoms with Gasteiger partial charge in [-0.2, -0.15) is 0 Å². The van der Waals surface area contributed by atoms with Crippen molar-refractivity contribution in [1.29, 1.82) is 0 Å². The monoisotopic (exact) mass is 446 g/mol. The first-order chi connectivity index (χ1) is 14.6. The highest BCUT2D eigenvalue weighted by atomic mass is 32.1. The molecule has 30 heavy (non-hydrogen) atoms. The van der Waals surface area contributed by atoms with Gasteiger partial charge >= 0.3 is 0 Å². The molecule has 1 heterocycles. The topological polar surface area (TPSA) is 79.2 Å². The average molecular weight is 447 g/mol. The van der Waals surface area contributed by atoms with Crippen LogP contribution in [0.15, 0.2) is 0 Å². The summed E-state index contributed by atoms with van der Waals surface area (Å²) in [4.78, 5) is 0. The third-order valence-corrected chi connectivity index (χ3v) is 6.30. The fourth-order valence-corrected chi connectivity index (χ4v) is 4.30. The number of aliphatic hydroxyl groups excluding tert-OH is 3. The molecule has 6 heteroatoms. The van der Waals surface area contributed by atoms with Gasteiger partial charge < -0.3 is 24.8 Å². The van der Waals surface area contributed by atoms with Crippen molar-refractivity contribution in [2.45, 2.75) is 134 Å². The van der Waals surface area contributed by atoms with E-state index in [0.29, 0.717) is 11.5 Å². The molecule has 0 bridgehead atoms. The molecule has 0 aromatic heterocycles. The van der Waals surface area contributed by atoms with E-state index in [4.69, 9.17) is 26.8 Å². The lowest BCUT2D eigenvalue weighted by Gasteiger charge is -2.21. The molecular weight excluding hydrogens is 400 g/mol. The van der Waals surface area contributed by atoms with Gasteiger partial charge in [-0.1, -0.05) is 96.8 Å². The molecule has 1 fully saturated rings. The third kappa shape index (κ3) is 12.6. The van der Waals surface area contributed by atoms with Gasteiger partial charge in [-0.25, -0.2) is 0 Å². The summed E-state index contributed by atoms with van der Waals surface area (Å²) < 4.78 is 10.9. The molecule has 0 aromatic carbocycles. The number of aliphatic hydroxyl groups is 3. The van der Waals surface area contributed by atoms with Crippen LogP contribution in [0.5, 0.6) is 0 Å². The van der Waals surface area contributed by atoms with E-state index in [0.717, 1.165) is 12.8 Å². The molecule has 1 saturated heterocycles. The van der Waals surface area contributed by atoms with E-state index < -0.39 is 31.0 Å². The Morgan fingerprint density at radius 1 is 0.900 bits per heavy atom. The summed E-state index contributed by atoms with van der Waals surface area (Å²) in [5, 5.41) is 29.2. The van der Waals surface area contributed by atoms with Gasteiger partial charge in [-0.3, -0.25) is 0 Å². The van der Waals surface area contributed by atoms with E-state index in [1.54, 1.807) is 0 Å². The van der Waals surface area contributed by atoms with Crippen molar-refractivity contribution < 1.29 is 24.8 Å². The van der Waals surface area contributed by atoms with E-state index in [2.05, 4.69) is 6.92 Å². The average Bonchev–Trinajstić information content (AvgIpc) is 3.10. The second-order valence-electron chi connectivity index (χ2n) is 8.77. The molecule has 4 atom stereocenters. The highest BCUT2D eigenvalue weighted by Crippen LogP contribution is 2.21. The van der Waals surface area contributed by atoms with Gasteiger partial charge in [0.1, 0.15) is 18.3 Å². The SMILES string of the molecule is CCCCCCCCCCCCCCCCCC(=S)O[C@H]1CO[C@H]([C@H](O)CO)[C@@H]1O. The number of thiocarbonyl (C=S) groups is 1. The summed E-state index contributed by atoms with van der Waals surface area (Å²) in [5.74, 6) is 0. The number of hydrogen-bond acceptors (Lipinski definition) is 6. The van der Waals surface area contributed by atoms with Gasteiger partial charge in [0.2, 0.25) is 0 Å². The lowest BCUT2D eigenvalue weighted by atomic mass is 10.0. The number of rotatable bonds is 19. The van der Waals surface area contributed by atoms with E-state index >= 15 is 0 Å². The lowest BCUT2D eigenvalue weighted by molar-refractivity contribution is -0.0679. The van der Waals surface area contributed by atoms with Crippen LogP contribution in [0.3, 0.4) is 0 Å². The second-order valence-corrected chi connectivity index (χ2v) is 9.22. The normalized spacial score (nSPS) is 22.3. The molecule has 0 unspecified atom stereocenters. The minimum absolute atomic E-state index is 0.182. The maximum absolute atomic E-state index is 10.1. The first-order valence-corrected chi connectivity index (χ1v) is 12.8. The zero-order valence-corrected chi connectivity index (χ0v) is 19.9. The molecule has 1 rings (SSSR count). The van der Waals surface area contributed by atoms with Gasteiger partial charge in [0.05, 0.1) is 13.2 Å². The van der Waals surface area contributed by atoms with E-state index in [-0.39, 0.29) is 6.61 Å². The van der Waals surface area contributed by atoms with Gasteiger partial charge in [-0.15, -0.1) is 0 Å². The minimum Gasteiger partial charge on any atom is -0.479 e. The zero-order chi connectivity index (χ0) is 22.0. The maximum Gasteiger partial charge on any atom is 0.160 e. The Kier molecular flexibility index (Phi) is 17.0. The highest BCUT2D eigenvalue weighted by Gasteiger charge is 2.41. The van der Waals surface area contributed by atoms with E-state index in [9.17, 15) is 10.2 Å². The highest BCUT2D eigenvalue weighted by molar-refractivity contribution is 7.80. The van der Waals surface area contributed by atoms with Crippen LogP contribution in [-0.4, -0.2) is 58.0 Å². The predicted octanol–water partition coefficient (Wildman–Crippen LogP) is 5.07. The van der Waals surface area contributed by atoms with Gasteiger partial charge in [-0.05, 0) is 18.6 Å². The van der Waals surface area contributed by atoms with Crippen LogP contribution in [0.2, 0.25) is 0 Å². The van der Waals surface area contributed by atoms with Crippen molar-refractivity contribution in [3.8, 4) is 0 Å². The Hall–Kier alpha value is -0.270. The zero-order valence-electron chi connectivity index (χ0n) is 19.1. The molecule has 1 aliphatic heterocycles. The number of hydrogen-bond donors (Lipinski definition) is 3. The number of ether oxygens (including phenoxy) is 2. The third-order valence-electron chi connectivity index (χ3n) is 6.00. The molecule has 3 N–H and O–H groups in total. The molecule has 5 nitrogen and oxygen atoms in total. The molecule has 0 aromatic rings. The summed E-state index contributed by atoms with van der Waals surface area (Å²) in [6.45, 7) is 2.01. The Balaban J connectivity index is 1.87. The Labute approximate surface area is 189 Å². The van der Waals surface area contributed by atoms with Gasteiger partial charge in [0, 0.05) is 6.42 Å². The molecule has 0 saturated carbocycles. The fraction of sp³-hybridized carbons (Fsp3) is 0.958. The van der Waals surface area contributed by atoms with Crippen molar-refractivity contribution in [2.24, 2.45) is 0 Å². The predicted molar refractivity (Wildman–Crippen MR) is 126 cm³/mol.